The number of rotatable bonds is 6. The average Bonchev–Trinajstić information content (AvgIpc) is 2.63. The van der Waals surface area contributed by atoms with Gasteiger partial charge in [-0.15, -0.1) is 0 Å². The highest BCUT2D eigenvalue weighted by Crippen LogP contribution is 2.13. The van der Waals surface area contributed by atoms with E-state index in [0.29, 0.717) is 19.0 Å². The van der Waals surface area contributed by atoms with Gasteiger partial charge in [0.15, 0.2) is 5.82 Å². The molecule has 0 unspecified atom stereocenters. The Morgan fingerprint density at radius 3 is 2.68 bits per heavy atom. The van der Waals surface area contributed by atoms with E-state index < -0.39 is 0 Å². The minimum atomic E-state index is -0.0455. The van der Waals surface area contributed by atoms with Gasteiger partial charge in [0.25, 0.3) is 5.56 Å². The van der Waals surface area contributed by atoms with Crippen molar-refractivity contribution in [2.24, 2.45) is 0 Å². The Hall–Kier alpha value is -2.32. The first-order chi connectivity index (χ1) is 12.2. The number of anilines is 1. The molecule has 3 heterocycles. The average molecular weight is 344 g/mol. The minimum Gasteiger partial charge on any atom is -0.377 e. The zero-order valence-electron chi connectivity index (χ0n) is 14.8. The summed E-state index contributed by atoms with van der Waals surface area (Å²) in [6, 6.07) is 5.26. The van der Waals surface area contributed by atoms with Crippen LogP contribution in [0.25, 0.3) is 0 Å². The molecular formula is C17H24N6O2. The lowest BCUT2D eigenvalue weighted by molar-refractivity contribution is 0.177. The molecule has 1 aliphatic heterocycles. The Balaban J connectivity index is 1.52. The van der Waals surface area contributed by atoms with Crippen LogP contribution in [0.2, 0.25) is 0 Å². The first-order valence-corrected chi connectivity index (χ1v) is 8.48. The van der Waals surface area contributed by atoms with Crippen LogP contribution in [-0.2, 0) is 17.9 Å². The molecule has 0 amide bonds. The van der Waals surface area contributed by atoms with Gasteiger partial charge in [-0.3, -0.25) is 9.69 Å². The zero-order valence-corrected chi connectivity index (χ0v) is 14.8. The molecule has 2 aromatic rings. The summed E-state index contributed by atoms with van der Waals surface area (Å²) in [4.78, 5) is 25.2. The Bertz CT molecular complexity index is 755. The van der Waals surface area contributed by atoms with Crippen molar-refractivity contribution in [3.8, 4) is 0 Å². The normalized spacial score (nSPS) is 15.5. The summed E-state index contributed by atoms with van der Waals surface area (Å²) in [5.41, 5.74) is 0.816. The fourth-order valence-corrected chi connectivity index (χ4v) is 2.91. The number of piperazine rings is 1. The second-order valence-electron chi connectivity index (χ2n) is 6.13. The van der Waals surface area contributed by atoms with Crippen LogP contribution in [0, 0.1) is 6.92 Å². The Morgan fingerprint density at radius 2 is 1.92 bits per heavy atom. The lowest BCUT2D eigenvalue weighted by Crippen LogP contribution is -2.48. The zero-order chi connectivity index (χ0) is 17.6. The molecule has 0 atom stereocenters. The summed E-state index contributed by atoms with van der Waals surface area (Å²) in [5.74, 6) is 1.64. The molecule has 0 radical (unpaired) electrons. The van der Waals surface area contributed by atoms with Crippen LogP contribution in [0.3, 0.4) is 0 Å². The fourth-order valence-electron chi connectivity index (χ4n) is 2.91. The molecule has 1 fully saturated rings. The molecule has 8 heteroatoms. The monoisotopic (exact) mass is 344 g/mol. The molecule has 0 bridgehead atoms. The van der Waals surface area contributed by atoms with Crippen molar-refractivity contribution in [1.82, 2.24) is 24.6 Å². The number of hydrogen-bond acceptors (Lipinski definition) is 7. The molecule has 0 N–H and O–H groups in total. The molecule has 0 aromatic carbocycles. The van der Waals surface area contributed by atoms with Gasteiger partial charge in [0.05, 0.1) is 12.2 Å². The topological polar surface area (TPSA) is 76.4 Å². The summed E-state index contributed by atoms with van der Waals surface area (Å²) in [6.45, 7) is 7.43. The Kier molecular flexibility index (Phi) is 5.72. The number of nitrogens with zero attached hydrogens (tertiary/aromatic N) is 6. The molecule has 3 rings (SSSR count). The number of methoxy groups -OCH3 is 1. The second kappa shape index (κ2) is 8.17. The first-order valence-electron chi connectivity index (χ1n) is 8.48. The van der Waals surface area contributed by atoms with Gasteiger partial charge >= 0.3 is 0 Å². The number of ether oxygens (including phenoxy) is 1. The molecular weight excluding hydrogens is 320 g/mol. The van der Waals surface area contributed by atoms with E-state index in [1.807, 2.05) is 13.0 Å². The summed E-state index contributed by atoms with van der Waals surface area (Å²) in [7, 11) is 1.64. The van der Waals surface area contributed by atoms with Gasteiger partial charge < -0.3 is 9.64 Å². The van der Waals surface area contributed by atoms with Crippen LogP contribution in [0.1, 0.15) is 11.5 Å². The summed E-state index contributed by atoms with van der Waals surface area (Å²) in [6.07, 6.45) is 1.78. The molecule has 134 valence electrons. The van der Waals surface area contributed by atoms with E-state index in [1.165, 1.54) is 0 Å². The van der Waals surface area contributed by atoms with Crippen molar-refractivity contribution >= 4 is 5.82 Å². The number of aryl methyl sites for hydroxylation is 1. The van der Waals surface area contributed by atoms with E-state index in [9.17, 15) is 4.79 Å². The van der Waals surface area contributed by atoms with Gasteiger partial charge in [-0.25, -0.2) is 14.6 Å². The van der Waals surface area contributed by atoms with Crippen LogP contribution < -0.4 is 10.5 Å². The molecule has 25 heavy (non-hydrogen) atoms. The van der Waals surface area contributed by atoms with Crippen LogP contribution in [0.15, 0.2) is 29.2 Å². The lowest BCUT2D eigenvalue weighted by Gasteiger charge is -2.35. The van der Waals surface area contributed by atoms with Gasteiger partial charge in [-0.2, -0.15) is 5.10 Å². The number of hydrogen-bond donors (Lipinski definition) is 0. The van der Waals surface area contributed by atoms with E-state index >= 15 is 0 Å². The van der Waals surface area contributed by atoms with Gasteiger partial charge in [0.1, 0.15) is 12.4 Å². The molecule has 1 aliphatic rings. The third kappa shape index (κ3) is 4.61. The quantitative estimate of drug-likeness (QED) is 0.746. The fraction of sp³-hybridized carbons (Fsp3) is 0.529. The summed E-state index contributed by atoms with van der Waals surface area (Å²) in [5, 5.41) is 4.29. The van der Waals surface area contributed by atoms with Crippen molar-refractivity contribution in [2.75, 3.05) is 44.7 Å². The van der Waals surface area contributed by atoms with Gasteiger partial charge in [0, 0.05) is 52.1 Å². The van der Waals surface area contributed by atoms with Crippen molar-refractivity contribution in [1.29, 1.82) is 0 Å². The van der Waals surface area contributed by atoms with Crippen LogP contribution >= 0.6 is 0 Å². The highest BCUT2D eigenvalue weighted by Gasteiger charge is 2.18. The second-order valence-corrected chi connectivity index (χ2v) is 6.13. The van der Waals surface area contributed by atoms with Crippen molar-refractivity contribution < 1.29 is 4.74 Å². The van der Waals surface area contributed by atoms with Crippen LogP contribution in [-0.4, -0.2) is 64.5 Å². The molecule has 1 saturated heterocycles. The maximum Gasteiger partial charge on any atom is 0.266 e. The minimum absolute atomic E-state index is 0.0455. The first kappa shape index (κ1) is 17.5. The van der Waals surface area contributed by atoms with E-state index in [2.05, 4.69) is 24.9 Å². The molecule has 0 aliphatic carbocycles. The summed E-state index contributed by atoms with van der Waals surface area (Å²) < 4.78 is 6.64. The Labute approximate surface area is 147 Å². The predicted octanol–water partition coefficient (Wildman–Crippen LogP) is 0.310. The maximum absolute atomic E-state index is 11.8. The number of aromatic nitrogens is 4. The third-order valence-corrected chi connectivity index (χ3v) is 4.29. The third-order valence-electron chi connectivity index (χ3n) is 4.29. The predicted molar refractivity (Wildman–Crippen MR) is 94.6 cm³/mol. The van der Waals surface area contributed by atoms with Gasteiger partial charge in [-0.1, -0.05) is 0 Å². The lowest BCUT2D eigenvalue weighted by atomic mass is 10.3. The molecule has 8 nitrogen and oxygen atoms in total. The van der Waals surface area contributed by atoms with Crippen molar-refractivity contribution in [2.45, 2.75) is 20.1 Å². The van der Waals surface area contributed by atoms with Crippen LogP contribution in [0.4, 0.5) is 5.82 Å². The molecule has 0 saturated carbocycles. The SMILES string of the molecule is COCc1nccc(N2CCN(CCn3nc(C)ccc3=O)CC2)n1. The van der Waals surface area contributed by atoms with E-state index in [4.69, 9.17) is 4.74 Å². The molecule has 0 spiro atoms. The highest BCUT2D eigenvalue weighted by molar-refractivity contribution is 5.38. The smallest absolute Gasteiger partial charge is 0.266 e. The van der Waals surface area contributed by atoms with Crippen LogP contribution in [0.5, 0.6) is 0 Å². The van der Waals surface area contributed by atoms with Crippen molar-refractivity contribution in [3.63, 3.8) is 0 Å². The largest absolute Gasteiger partial charge is 0.377 e. The van der Waals surface area contributed by atoms with Crippen molar-refractivity contribution in [3.05, 3.63) is 46.3 Å². The van der Waals surface area contributed by atoms with Gasteiger partial charge in [-0.05, 0) is 19.1 Å². The Morgan fingerprint density at radius 1 is 1.12 bits per heavy atom. The molecule has 2 aromatic heterocycles. The van der Waals surface area contributed by atoms with Gasteiger partial charge in [0.2, 0.25) is 0 Å². The van der Waals surface area contributed by atoms with E-state index in [1.54, 1.807) is 30.1 Å². The standard InChI is InChI=1S/C17H24N6O2/c1-14-3-4-17(24)23(20-14)12-9-21-7-10-22(11-8-21)16-5-6-18-15(19-16)13-25-2/h3-6H,7-13H2,1-2H3. The maximum atomic E-state index is 11.8. The summed E-state index contributed by atoms with van der Waals surface area (Å²) >= 11 is 0. The highest BCUT2D eigenvalue weighted by atomic mass is 16.5. The van der Waals surface area contributed by atoms with E-state index in [0.717, 1.165) is 44.2 Å². The van der Waals surface area contributed by atoms with E-state index in [-0.39, 0.29) is 5.56 Å².